The predicted octanol–water partition coefficient (Wildman–Crippen LogP) is 5.06. The van der Waals surface area contributed by atoms with Crippen LogP contribution in [0.15, 0.2) is 58.5 Å². The number of halogens is 6. The first-order valence-electron chi connectivity index (χ1n) is 8.10. The lowest BCUT2D eigenvalue weighted by Crippen LogP contribution is -2.23. The molecule has 0 aliphatic rings. The molecule has 0 aromatic heterocycles. The highest BCUT2D eigenvalue weighted by Crippen LogP contribution is 2.25. The van der Waals surface area contributed by atoms with Gasteiger partial charge >= 0.3 is 12.4 Å². The fraction of sp³-hybridized carbons (Fsp3) is 0.263. The van der Waals surface area contributed by atoms with Crippen molar-refractivity contribution in [2.45, 2.75) is 12.4 Å². The molecule has 0 saturated carbocycles. The third kappa shape index (κ3) is 5.97. The number of alkyl halides is 6. The molecule has 0 radical (unpaired) electrons. The van der Waals surface area contributed by atoms with E-state index in [4.69, 9.17) is 9.47 Å². The van der Waals surface area contributed by atoms with Crippen molar-refractivity contribution in [1.82, 2.24) is 0 Å². The lowest BCUT2D eigenvalue weighted by molar-refractivity contribution is -0.0590. The Morgan fingerprint density at radius 2 is 0.966 bits per heavy atom. The van der Waals surface area contributed by atoms with Crippen molar-refractivity contribution >= 4 is 11.4 Å². The van der Waals surface area contributed by atoms with E-state index in [0.717, 1.165) is 14.1 Å². The minimum atomic E-state index is -4.57. The number of aliphatic imine (C=N–C) groups is 2. The number of nitrogens with zero attached hydrogens (tertiary/aromatic N) is 2. The van der Waals surface area contributed by atoms with Crippen LogP contribution in [0.2, 0.25) is 0 Å². The number of benzene rings is 2. The molecule has 0 unspecified atom stereocenters. The quantitative estimate of drug-likeness (QED) is 0.374. The Morgan fingerprint density at radius 1 is 0.655 bits per heavy atom. The summed E-state index contributed by atoms with van der Waals surface area (Å²) >= 11 is 0. The first kappa shape index (κ1) is 22.3. The second-order valence-corrected chi connectivity index (χ2v) is 5.60. The third-order valence-electron chi connectivity index (χ3n) is 3.69. The lowest BCUT2D eigenvalue weighted by Gasteiger charge is -2.12. The fourth-order valence-corrected chi connectivity index (χ4v) is 2.42. The summed E-state index contributed by atoms with van der Waals surface area (Å²) in [6.45, 7) is -0.291. The van der Waals surface area contributed by atoms with Crippen LogP contribution in [0.5, 0.6) is 11.5 Å². The van der Waals surface area contributed by atoms with Crippen LogP contribution in [0.1, 0.15) is 11.1 Å². The van der Waals surface area contributed by atoms with Gasteiger partial charge in [0.25, 0.3) is 0 Å². The first-order chi connectivity index (χ1) is 13.6. The van der Waals surface area contributed by atoms with Gasteiger partial charge in [0.2, 0.25) is 6.79 Å². The molecule has 10 heteroatoms. The van der Waals surface area contributed by atoms with E-state index >= 15 is 0 Å². The second kappa shape index (κ2) is 8.97. The van der Waals surface area contributed by atoms with Crippen molar-refractivity contribution in [2.75, 3.05) is 20.9 Å². The maximum atomic E-state index is 12.8. The fourth-order valence-electron chi connectivity index (χ4n) is 2.42. The number of ether oxygens (including phenoxy) is 2. The summed E-state index contributed by atoms with van der Waals surface area (Å²) < 4.78 is 87.4. The summed E-state index contributed by atoms with van der Waals surface area (Å²) in [4.78, 5) is 6.50. The molecule has 0 aliphatic heterocycles. The molecule has 29 heavy (non-hydrogen) atoms. The summed E-state index contributed by atoms with van der Waals surface area (Å²) in [5, 5.41) is 0. The Balaban J connectivity index is 1.95. The maximum Gasteiger partial charge on any atom is 0.433 e. The monoisotopic (exact) mass is 418 g/mol. The zero-order chi connectivity index (χ0) is 21.7. The highest BCUT2D eigenvalue weighted by atomic mass is 19.4. The molecule has 0 N–H and O–H groups in total. The molecule has 0 bridgehead atoms. The molecule has 2 rings (SSSR count). The van der Waals surface area contributed by atoms with Crippen LogP contribution in [0, 0.1) is 0 Å². The highest BCUT2D eigenvalue weighted by Gasteiger charge is 2.36. The summed E-state index contributed by atoms with van der Waals surface area (Å²) in [5.41, 5.74) is -2.23. The van der Waals surface area contributed by atoms with Crippen LogP contribution in [-0.4, -0.2) is 44.7 Å². The molecule has 0 aliphatic carbocycles. The SMILES string of the molecule is CN=C(c1ccc(OCOc2ccc(C(=NC)C(F)(F)F)cc2)cc1)C(F)(F)F. The molecular weight excluding hydrogens is 402 g/mol. The van der Waals surface area contributed by atoms with E-state index in [1.165, 1.54) is 48.5 Å². The van der Waals surface area contributed by atoms with Crippen LogP contribution in [0.4, 0.5) is 26.3 Å². The molecule has 2 aromatic carbocycles. The van der Waals surface area contributed by atoms with Crippen molar-refractivity contribution in [3.63, 3.8) is 0 Å². The Kier molecular flexibility index (Phi) is 6.89. The molecule has 0 saturated heterocycles. The van der Waals surface area contributed by atoms with Crippen LogP contribution in [0.25, 0.3) is 0 Å². The van der Waals surface area contributed by atoms with Crippen molar-refractivity contribution in [3.8, 4) is 11.5 Å². The van der Waals surface area contributed by atoms with E-state index in [1.54, 1.807) is 0 Å². The Hall–Kier alpha value is -3.04. The number of rotatable bonds is 6. The van der Waals surface area contributed by atoms with Crippen molar-refractivity contribution < 1.29 is 35.8 Å². The van der Waals surface area contributed by atoms with Crippen LogP contribution >= 0.6 is 0 Å². The van der Waals surface area contributed by atoms with Crippen LogP contribution in [-0.2, 0) is 0 Å². The smallest absolute Gasteiger partial charge is 0.433 e. The summed E-state index contributed by atoms with van der Waals surface area (Å²) in [6.07, 6.45) is -9.14. The van der Waals surface area contributed by atoms with Gasteiger partial charge in [-0.2, -0.15) is 26.3 Å². The molecule has 4 nitrogen and oxygen atoms in total. The first-order valence-corrected chi connectivity index (χ1v) is 8.10. The van der Waals surface area contributed by atoms with Crippen molar-refractivity contribution in [1.29, 1.82) is 0 Å². The van der Waals surface area contributed by atoms with Crippen molar-refractivity contribution in [2.24, 2.45) is 9.98 Å². The standard InChI is InChI=1S/C19H16F6N2O2/c1-26-16(18(20,21)22)12-3-7-14(8-4-12)28-11-29-15-9-5-13(6-10-15)17(27-2)19(23,24)25/h3-10H,11H2,1-2H3. The maximum absolute atomic E-state index is 12.8. The zero-order valence-corrected chi connectivity index (χ0v) is 15.3. The van der Waals surface area contributed by atoms with E-state index in [2.05, 4.69) is 9.98 Å². The Morgan fingerprint density at radius 3 is 1.21 bits per heavy atom. The number of hydrogen-bond donors (Lipinski definition) is 0. The van der Waals surface area contributed by atoms with E-state index in [1.807, 2.05) is 0 Å². The second-order valence-electron chi connectivity index (χ2n) is 5.60. The zero-order valence-electron chi connectivity index (χ0n) is 15.3. The highest BCUT2D eigenvalue weighted by molar-refractivity contribution is 6.05. The van der Waals surface area contributed by atoms with Crippen LogP contribution < -0.4 is 9.47 Å². The summed E-state index contributed by atoms with van der Waals surface area (Å²) in [6, 6.07) is 10.1. The normalized spacial score (nSPS) is 13.4. The van der Waals surface area contributed by atoms with Crippen molar-refractivity contribution in [3.05, 3.63) is 59.7 Å². The van der Waals surface area contributed by atoms with Gasteiger partial charge in [-0.25, -0.2) is 0 Å². The molecular formula is C19H16F6N2O2. The van der Waals surface area contributed by atoms with E-state index in [9.17, 15) is 26.3 Å². The van der Waals surface area contributed by atoms with Gasteiger partial charge in [0.05, 0.1) is 0 Å². The Bertz CT molecular complexity index is 796. The van der Waals surface area contributed by atoms with E-state index in [0.29, 0.717) is 0 Å². The topological polar surface area (TPSA) is 43.2 Å². The minimum absolute atomic E-state index is 0.109. The Labute approximate surface area is 162 Å². The lowest BCUT2D eigenvalue weighted by atomic mass is 10.1. The van der Waals surface area contributed by atoms with E-state index in [-0.39, 0.29) is 29.4 Å². The largest absolute Gasteiger partial charge is 0.458 e. The van der Waals surface area contributed by atoms with Crippen LogP contribution in [0.3, 0.4) is 0 Å². The van der Waals surface area contributed by atoms with Gasteiger partial charge in [-0.05, 0) is 48.5 Å². The van der Waals surface area contributed by atoms with Gasteiger partial charge in [-0.15, -0.1) is 0 Å². The van der Waals surface area contributed by atoms with Gasteiger partial charge in [0.15, 0.2) is 0 Å². The van der Waals surface area contributed by atoms with E-state index < -0.39 is 23.8 Å². The predicted molar refractivity (Wildman–Crippen MR) is 96.0 cm³/mol. The van der Waals surface area contributed by atoms with Gasteiger partial charge in [-0.3, -0.25) is 9.98 Å². The average molecular weight is 418 g/mol. The minimum Gasteiger partial charge on any atom is -0.458 e. The summed E-state index contributed by atoms with van der Waals surface area (Å²) in [5.74, 6) is 0.501. The van der Waals surface area contributed by atoms with Gasteiger partial charge in [0.1, 0.15) is 22.9 Å². The molecule has 2 aromatic rings. The number of hydrogen-bond acceptors (Lipinski definition) is 4. The van der Waals surface area contributed by atoms with Gasteiger partial charge in [-0.1, -0.05) is 0 Å². The molecule has 0 heterocycles. The third-order valence-corrected chi connectivity index (χ3v) is 3.69. The summed E-state index contributed by atoms with van der Waals surface area (Å²) in [7, 11) is 2.10. The molecule has 0 fully saturated rings. The molecule has 0 spiro atoms. The average Bonchev–Trinajstić information content (AvgIpc) is 2.63. The molecule has 0 atom stereocenters. The molecule has 0 amide bonds. The van der Waals surface area contributed by atoms with Gasteiger partial charge < -0.3 is 9.47 Å². The molecule has 156 valence electrons. The van der Waals surface area contributed by atoms with Gasteiger partial charge in [0, 0.05) is 25.2 Å².